The third kappa shape index (κ3) is 1.92. The number of hydrogen-bond donors (Lipinski definition) is 0. The predicted octanol–water partition coefficient (Wildman–Crippen LogP) is 2.62. The van der Waals surface area contributed by atoms with Crippen LogP contribution >= 0.6 is 11.8 Å². The Bertz CT molecular complexity index is 534. The first-order valence-corrected chi connectivity index (χ1v) is 7.16. The fourth-order valence-electron chi connectivity index (χ4n) is 1.93. The maximum Gasteiger partial charge on any atom is 0.231 e. The van der Waals surface area contributed by atoms with Crippen LogP contribution in [0.25, 0.3) is 0 Å². The molecule has 0 amide bonds. The average Bonchev–Trinajstić information content (AvgIpc) is 2.78. The Morgan fingerprint density at radius 2 is 2.00 bits per heavy atom. The molecule has 1 fully saturated rings. The number of pyridine rings is 1. The number of thioether (sulfide) groups is 1. The van der Waals surface area contributed by atoms with E-state index in [-0.39, 0.29) is 5.41 Å². The van der Waals surface area contributed by atoms with Crippen LogP contribution in [0.4, 0.5) is 0 Å². The van der Waals surface area contributed by atoms with E-state index in [1.54, 1.807) is 12.4 Å². The third-order valence-electron chi connectivity index (χ3n) is 3.39. The number of rotatable bonds is 3. The second-order valence-corrected chi connectivity index (χ2v) is 6.13. The normalized spacial score (nSPS) is 16.6. The van der Waals surface area contributed by atoms with Crippen LogP contribution in [0.5, 0.6) is 0 Å². The minimum Gasteiger partial charge on any atom is -0.339 e. The van der Waals surface area contributed by atoms with E-state index in [2.05, 4.69) is 29.0 Å². The maximum absolute atomic E-state index is 5.39. The van der Waals surface area contributed by atoms with Crippen molar-refractivity contribution in [2.45, 2.75) is 25.2 Å². The van der Waals surface area contributed by atoms with Gasteiger partial charge in [-0.15, -0.1) is 0 Å². The van der Waals surface area contributed by atoms with E-state index in [4.69, 9.17) is 4.52 Å². The van der Waals surface area contributed by atoms with Gasteiger partial charge in [-0.3, -0.25) is 4.98 Å². The first-order chi connectivity index (χ1) is 8.68. The lowest BCUT2D eigenvalue weighted by Crippen LogP contribution is -2.21. The van der Waals surface area contributed by atoms with Gasteiger partial charge in [-0.05, 0) is 31.5 Å². The van der Waals surface area contributed by atoms with Crippen molar-refractivity contribution in [2.75, 3.05) is 11.5 Å². The molecule has 2 aromatic rings. The standard InChI is InChI=1S/C13H15N3OS/c1-13(2,10-3-5-14-6-4-10)12-15-11(17-16-12)9-7-18-8-9/h3-6,9H,7-8H2,1-2H3. The van der Waals surface area contributed by atoms with Crippen LogP contribution in [0, 0.1) is 0 Å². The van der Waals surface area contributed by atoms with E-state index in [0.717, 1.165) is 28.8 Å². The highest BCUT2D eigenvalue weighted by Gasteiger charge is 2.32. The molecule has 3 heterocycles. The molecule has 1 saturated heterocycles. The quantitative estimate of drug-likeness (QED) is 0.850. The van der Waals surface area contributed by atoms with Crippen molar-refractivity contribution in [3.8, 4) is 0 Å². The summed E-state index contributed by atoms with van der Waals surface area (Å²) in [7, 11) is 0. The summed E-state index contributed by atoms with van der Waals surface area (Å²) in [5, 5.41) is 4.15. The molecular weight excluding hydrogens is 246 g/mol. The molecule has 0 aromatic carbocycles. The average molecular weight is 261 g/mol. The molecule has 5 heteroatoms. The Kier molecular flexibility index (Phi) is 2.86. The second kappa shape index (κ2) is 4.39. The van der Waals surface area contributed by atoms with Gasteiger partial charge in [-0.1, -0.05) is 5.16 Å². The van der Waals surface area contributed by atoms with Crippen LogP contribution in [0.3, 0.4) is 0 Å². The Labute approximate surface area is 110 Å². The summed E-state index contributed by atoms with van der Waals surface area (Å²) in [6.45, 7) is 4.21. The van der Waals surface area contributed by atoms with Crippen molar-refractivity contribution in [1.82, 2.24) is 15.1 Å². The summed E-state index contributed by atoms with van der Waals surface area (Å²) in [6.07, 6.45) is 3.58. The van der Waals surface area contributed by atoms with E-state index < -0.39 is 0 Å². The Balaban J connectivity index is 1.91. The van der Waals surface area contributed by atoms with E-state index in [9.17, 15) is 0 Å². The summed E-state index contributed by atoms with van der Waals surface area (Å²) in [5.41, 5.74) is 0.898. The summed E-state index contributed by atoms with van der Waals surface area (Å²) >= 11 is 1.92. The second-order valence-electron chi connectivity index (χ2n) is 5.05. The fraction of sp³-hybridized carbons (Fsp3) is 0.462. The minimum absolute atomic E-state index is 0.248. The van der Waals surface area contributed by atoms with Gasteiger partial charge in [0, 0.05) is 23.9 Å². The molecule has 4 nitrogen and oxygen atoms in total. The van der Waals surface area contributed by atoms with Gasteiger partial charge >= 0.3 is 0 Å². The molecule has 0 spiro atoms. The van der Waals surface area contributed by atoms with Crippen molar-refractivity contribution in [2.24, 2.45) is 0 Å². The smallest absolute Gasteiger partial charge is 0.231 e. The van der Waals surface area contributed by atoms with Crippen molar-refractivity contribution in [1.29, 1.82) is 0 Å². The monoisotopic (exact) mass is 261 g/mol. The lowest BCUT2D eigenvalue weighted by atomic mass is 9.84. The summed E-state index contributed by atoms with van der Waals surface area (Å²) in [5.74, 6) is 4.17. The minimum atomic E-state index is -0.248. The third-order valence-corrected chi connectivity index (χ3v) is 4.67. The van der Waals surface area contributed by atoms with Crippen molar-refractivity contribution in [3.05, 3.63) is 41.8 Å². The molecule has 0 unspecified atom stereocenters. The summed E-state index contributed by atoms with van der Waals surface area (Å²) in [6, 6.07) is 3.99. The molecule has 0 atom stereocenters. The van der Waals surface area contributed by atoms with Gasteiger partial charge in [0.25, 0.3) is 0 Å². The number of nitrogens with zero attached hydrogens (tertiary/aromatic N) is 3. The summed E-state index contributed by atoms with van der Waals surface area (Å²) in [4.78, 5) is 8.61. The lowest BCUT2D eigenvalue weighted by molar-refractivity contribution is 0.354. The van der Waals surface area contributed by atoms with Gasteiger partial charge in [0.2, 0.25) is 5.89 Å². The van der Waals surface area contributed by atoms with Crippen LogP contribution < -0.4 is 0 Å². The Morgan fingerprint density at radius 1 is 1.28 bits per heavy atom. The Hall–Kier alpha value is -1.36. The van der Waals surface area contributed by atoms with Gasteiger partial charge < -0.3 is 4.52 Å². The van der Waals surface area contributed by atoms with Gasteiger partial charge in [0.05, 0.1) is 11.3 Å². The lowest BCUT2D eigenvalue weighted by Gasteiger charge is -2.21. The van der Waals surface area contributed by atoms with Crippen LogP contribution in [0.15, 0.2) is 29.0 Å². The molecule has 3 rings (SSSR count). The zero-order valence-electron chi connectivity index (χ0n) is 10.5. The largest absolute Gasteiger partial charge is 0.339 e. The van der Waals surface area contributed by atoms with Crippen molar-refractivity contribution < 1.29 is 4.52 Å². The molecule has 0 N–H and O–H groups in total. The van der Waals surface area contributed by atoms with Crippen molar-refractivity contribution in [3.63, 3.8) is 0 Å². The Morgan fingerprint density at radius 3 is 2.61 bits per heavy atom. The highest BCUT2D eigenvalue weighted by atomic mass is 32.2. The number of hydrogen-bond acceptors (Lipinski definition) is 5. The SMILES string of the molecule is CC(C)(c1ccncc1)c1noc(C2CSC2)n1. The zero-order chi connectivity index (χ0) is 12.6. The molecule has 0 saturated carbocycles. The van der Waals surface area contributed by atoms with Crippen LogP contribution in [0.2, 0.25) is 0 Å². The molecule has 1 aliphatic heterocycles. The highest BCUT2D eigenvalue weighted by Crippen LogP contribution is 2.35. The fourth-order valence-corrected chi connectivity index (χ4v) is 2.69. The zero-order valence-corrected chi connectivity index (χ0v) is 11.3. The molecule has 0 bridgehead atoms. The first kappa shape index (κ1) is 11.7. The van der Waals surface area contributed by atoms with Crippen LogP contribution in [-0.4, -0.2) is 26.6 Å². The predicted molar refractivity (Wildman–Crippen MR) is 70.7 cm³/mol. The molecule has 1 aliphatic rings. The first-order valence-electron chi connectivity index (χ1n) is 6.00. The van der Waals surface area contributed by atoms with Gasteiger partial charge in [0.15, 0.2) is 5.82 Å². The topological polar surface area (TPSA) is 51.8 Å². The van der Waals surface area contributed by atoms with Crippen LogP contribution in [0.1, 0.15) is 37.0 Å². The molecule has 0 aliphatic carbocycles. The van der Waals surface area contributed by atoms with E-state index in [0.29, 0.717) is 5.92 Å². The van der Waals surface area contributed by atoms with Crippen LogP contribution in [-0.2, 0) is 5.41 Å². The maximum atomic E-state index is 5.39. The highest BCUT2D eigenvalue weighted by molar-refractivity contribution is 8.00. The number of aromatic nitrogens is 3. The van der Waals surface area contributed by atoms with Crippen molar-refractivity contribution >= 4 is 11.8 Å². The summed E-state index contributed by atoms with van der Waals surface area (Å²) < 4.78 is 5.39. The molecule has 18 heavy (non-hydrogen) atoms. The van der Waals surface area contributed by atoms with E-state index >= 15 is 0 Å². The molecule has 94 valence electrons. The van der Waals surface area contributed by atoms with E-state index in [1.807, 2.05) is 23.9 Å². The van der Waals surface area contributed by atoms with Gasteiger partial charge in [-0.2, -0.15) is 16.7 Å². The molecular formula is C13H15N3OS. The molecule has 2 aromatic heterocycles. The molecule has 0 radical (unpaired) electrons. The van der Waals surface area contributed by atoms with E-state index in [1.165, 1.54) is 0 Å². The van der Waals surface area contributed by atoms with Gasteiger partial charge in [0.1, 0.15) is 0 Å². The van der Waals surface area contributed by atoms with Gasteiger partial charge in [-0.25, -0.2) is 0 Å².